The number of nitriles is 1. The van der Waals surface area contributed by atoms with Crippen LogP contribution in [0.3, 0.4) is 0 Å². The summed E-state index contributed by atoms with van der Waals surface area (Å²) in [6.45, 7) is 5.90. The minimum Gasteiger partial charge on any atom is -0.453 e. The molecule has 1 heterocycles. The Balaban J connectivity index is 1.55. The van der Waals surface area contributed by atoms with Crippen molar-refractivity contribution in [1.82, 2.24) is 0 Å². The zero-order valence-corrected chi connectivity index (χ0v) is 17.6. The van der Waals surface area contributed by atoms with Gasteiger partial charge in [-0.1, -0.05) is 43.3 Å². The van der Waals surface area contributed by atoms with Crippen molar-refractivity contribution in [2.24, 2.45) is 10.6 Å². The average molecular weight is 414 g/mol. The molecular weight excluding hydrogens is 392 g/mol. The summed E-state index contributed by atoms with van der Waals surface area (Å²) in [5, 5.41) is 21.8. The second-order valence-corrected chi connectivity index (χ2v) is 8.52. The van der Waals surface area contributed by atoms with Gasteiger partial charge in [-0.25, -0.2) is 4.79 Å². The van der Waals surface area contributed by atoms with Gasteiger partial charge in [0.15, 0.2) is 0 Å². The predicted molar refractivity (Wildman–Crippen MR) is 115 cm³/mol. The highest BCUT2D eigenvalue weighted by molar-refractivity contribution is 6.06. The van der Waals surface area contributed by atoms with Crippen molar-refractivity contribution in [3.8, 4) is 22.9 Å². The van der Waals surface area contributed by atoms with E-state index in [9.17, 15) is 10.0 Å². The summed E-state index contributed by atoms with van der Waals surface area (Å²) in [4.78, 5) is 12.8. The SMILES string of the molecule is Cc1c(C(=O)Oc2ccc(-c3ccc(C#N)cc3)cc2)oc2c1/C(=N\O)CC(C)(C)C2. The normalized spacial score (nSPS) is 15.9. The molecule has 0 saturated heterocycles. The lowest BCUT2D eigenvalue weighted by Crippen LogP contribution is -2.27. The number of carbonyl (C=O) groups is 1. The molecule has 31 heavy (non-hydrogen) atoms. The number of carbonyl (C=O) groups excluding carboxylic acids is 1. The summed E-state index contributed by atoms with van der Waals surface area (Å²) in [5.74, 6) is 0.574. The van der Waals surface area contributed by atoms with Gasteiger partial charge in [-0.05, 0) is 54.2 Å². The van der Waals surface area contributed by atoms with Crippen LogP contribution in [0.4, 0.5) is 0 Å². The number of fused-ring (bicyclic) bond motifs is 1. The van der Waals surface area contributed by atoms with Crippen molar-refractivity contribution < 1.29 is 19.2 Å². The molecule has 1 aromatic heterocycles. The van der Waals surface area contributed by atoms with Crippen LogP contribution in [-0.2, 0) is 6.42 Å². The van der Waals surface area contributed by atoms with Crippen LogP contribution in [-0.4, -0.2) is 16.9 Å². The molecule has 4 rings (SSSR count). The van der Waals surface area contributed by atoms with Crippen LogP contribution < -0.4 is 4.74 Å². The number of benzene rings is 2. The Morgan fingerprint density at radius 1 is 1.10 bits per heavy atom. The standard InChI is InChI=1S/C25H22N2O4/c1-15-22-20(27-29)12-25(2,3)13-21(22)31-23(15)24(28)30-19-10-8-18(9-11-19)17-6-4-16(14-26)5-7-17/h4-11,29H,12-13H2,1-3H3/b27-20-. The summed E-state index contributed by atoms with van der Waals surface area (Å²) in [6, 6.07) is 16.5. The number of ether oxygens (including phenoxy) is 1. The predicted octanol–water partition coefficient (Wildman–Crippen LogP) is 5.50. The molecule has 2 aromatic carbocycles. The number of oxime groups is 1. The van der Waals surface area contributed by atoms with Crippen LogP contribution in [0.25, 0.3) is 11.1 Å². The molecule has 1 aliphatic carbocycles. The van der Waals surface area contributed by atoms with Gasteiger partial charge in [0.1, 0.15) is 11.5 Å². The number of rotatable bonds is 3. The van der Waals surface area contributed by atoms with Crippen LogP contribution in [0.15, 0.2) is 58.1 Å². The van der Waals surface area contributed by atoms with Gasteiger partial charge < -0.3 is 14.4 Å². The third-order valence-electron chi connectivity index (χ3n) is 5.51. The first-order valence-electron chi connectivity index (χ1n) is 9.97. The van der Waals surface area contributed by atoms with E-state index in [2.05, 4.69) is 25.1 Å². The number of esters is 1. The van der Waals surface area contributed by atoms with E-state index in [4.69, 9.17) is 14.4 Å². The molecule has 0 bridgehead atoms. The molecule has 0 aliphatic heterocycles. The first kappa shape index (κ1) is 20.4. The highest BCUT2D eigenvalue weighted by atomic mass is 16.5. The van der Waals surface area contributed by atoms with E-state index in [1.807, 2.05) is 24.3 Å². The molecule has 0 saturated carbocycles. The topological polar surface area (TPSA) is 95.8 Å². The van der Waals surface area contributed by atoms with Crippen LogP contribution >= 0.6 is 0 Å². The molecule has 1 N–H and O–H groups in total. The lowest BCUT2D eigenvalue weighted by molar-refractivity contribution is 0.0697. The fourth-order valence-corrected chi connectivity index (χ4v) is 4.00. The summed E-state index contributed by atoms with van der Waals surface area (Å²) in [7, 11) is 0. The molecule has 1 aliphatic rings. The van der Waals surface area contributed by atoms with E-state index in [-0.39, 0.29) is 11.2 Å². The van der Waals surface area contributed by atoms with Gasteiger partial charge in [-0.3, -0.25) is 0 Å². The highest BCUT2D eigenvalue weighted by Gasteiger charge is 2.36. The Bertz CT molecular complexity index is 1210. The smallest absolute Gasteiger partial charge is 0.379 e. The van der Waals surface area contributed by atoms with Gasteiger partial charge in [0, 0.05) is 17.5 Å². The van der Waals surface area contributed by atoms with Crippen molar-refractivity contribution in [1.29, 1.82) is 5.26 Å². The Hall–Kier alpha value is -3.85. The molecule has 156 valence electrons. The Morgan fingerprint density at radius 2 is 1.71 bits per heavy atom. The second kappa shape index (κ2) is 7.77. The molecule has 0 fully saturated rings. The number of hydrogen-bond donors (Lipinski definition) is 1. The lowest BCUT2D eigenvalue weighted by Gasteiger charge is -2.28. The van der Waals surface area contributed by atoms with Crippen molar-refractivity contribution >= 4 is 11.7 Å². The monoisotopic (exact) mass is 414 g/mol. The maximum atomic E-state index is 12.8. The molecular formula is C25H22N2O4. The maximum absolute atomic E-state index is 12.8. The van der Waals surface area contributed by atoms with E-state index in [1.165, 1.54) is 0 Å². The van der Waals surface area contributed by atoms with Crippen molar-refractivity contribution in [3.63, 3.8) is 0 Å². The zero-order chi connectivity index (χ0) is 22.2. The summed E-state index contributed by atoms with van der Waals surface area (Å²) < 4.78 is 11.4. The number of hydrogen-bond acceptors (Lipinski definition) is 6. The molecule has 3 aromatic rings. The van der Waals surface area contributed by atoms with E-state index < -0.39 is 5.97 Å². The van der Waals surface area contributed by atoms with E-state index in [1.54, 1.807) is 31.2 Å². The molecule has 6 heteroatoms. The van der Waals surface area contributed by atoms with Gasteiger partial charge in [0.05, 0.1) is 17.3 Å². The van der Waals surface area contributed by atoms with E-state index in [0.29, 0.717) is 46.8 Å². The van der Waals surface area contributed by atoms with Crippen molar-refractivity contribution in [2.75, 3.05) is 0 Å². The molecule has 0 radical (unpaired) electrons. The molecule has 6 nitrogen and oxygen atoms in total. The minimum atomic E-state index is -0.590. The van der Waals surface area contributed by atoms with Gasteiger partial charge in [0.25, 0.3) is 0 Å². The number of nitrogens with zero attached hydrogens (tertiary/aromatic N) is 2. The van der Waals surface area contributed by atoms with Gasteiger partial charge in [0.2, 0.25) is 5.76 Å². The quantitative estimate of drug-likeness (QED) is 0.264. The highest BCUT2D eigenvalue weighted by Crippen LogP contribution is 2.39. The van der Waals surface area contributed by atoms with Crippen LogP contribution in [0.2, 0.25) is 0 Å². The van der Waals surface area contributed by atoms with Gasteiger partial charge in [-0.2, -0.15) is 5.26 Å². The third-order valence-corrected chi connectivity index (χ3v) is 5.51. The van der Waals surface area contributed by atoms with Crippen LogP contribution in [0.1, 0.15) is 53.3 Å². The maximum Gasteiger partial charge on any atom is 0.379 e. The number of furan rings is 1. The Morgan fingerprint density at radius 3 is 2.29 bits per heavy atom. The first-order valence-corrected chi connectivity index (χ1v) is 9.97. The summed E-state index contributed by atoms with van der Waals surface area (Å²) in [6.07, 6.45) is 1.25. The van der Waals surface area contributed by atoms with Gasteiger partial charge >= 0.3 is 5.97 Å². The summed E-state index contributed by atoms with van der Waals surface area (Å²) >= 11 is 0. The van der Waals surface area contributed by atoms with E-state index >= 15 is 0 Å². The second-order valence-electron chi connectivity index (χ2n) is 8.52. The lowest BCUT2D eigenvalue weighted by atomic mass is 9.75. The van der Waals surface area contributed by atoms with E-state index in [0.717, 1.165) is 11.1 Å². The molecule has 0 atom stereocenters. The van der Waals surface area contributed by atoms with Gasteiger partial charge in [-0.15, -0.1) is 0 Å². The third kappa shape index (κ3) is 3.95. The fraction of sp³-hybridized carbons (Fsp3) is 0.240. The van der Waals surface area contributed by atoms with Crippen molar-refractivity contribution in [2.45, 2.75) is 33.6 Å². The molecule has 0 unspecified atom stereocenters. The summed E-state index contributed by atoms with van der Waals surface area (Å²) in [5.41, 5.74) is 4.23. The molecule has 0 spiro atoms. The largest absolute Gasteiger partial charge is 0.453 e. The zero-order valence-electron chi connectivity index (χ0n) is 17.6. The van der Waals surface area contributed by atoms with Crippen molar-refractivity contribution in [3.05, 3.63) is 76.7 Å². The Labute approximate surface area is 180 Å². The Kier molecular flexibility index (Phi) is 5.12. The fourth-order valence-electron chi connectivity index (χ4n) is 4.00. The molecule has 0 amide bonds. The minimum absolute atomic E-state index is 0.124. The average Bonchev–Trinajstić information content (AvgIpc) is 3.09. The van der Waals surface area contributed by atoms with Crippen LogP contribution in [0, 0.1) is 23.7 Å². The van der Waals surface area contributed by atoms with Crippen LogP contribution in [0.5, 0.6) is 5.75 Å². The first-order chi connectivity index (χ1) is 14.8.